The van der Waals surface area contributed by atoms with Crippen molar-refractivity contribution in [2.45, 2.75) is 38.6 Å². The van der Waals surface area contributed by atoms with E-state index in [1.165, 1.54) is 0 Å². The van der Waals surface area contributed by atoms with E-state index in [1.807, 2.05) is 35.2 Å². The Morgan fingerprint density at radius 2 is 2.13 bits per heavy atom. The lowest BCUT2D eigenvalue weighted by Gasteiger charge is -2.38. The summed E-state index contributed by atoms with van der Waals surface area (Å²) in [6, 6.07) is 9.74. The van der Waals surface area contributed by atoms with Crippen LogP contribution in [0.3, 0.4) is 0 Å². The van der Waals surface area contributed by atoms with Gasteiger partial charge < -0.3 is 10.0 Å². The largest absolute Gasteiger partial charge is 0.394 e. The Bertz CT molecular complexity index is 708. The monoisotopic (exact) mass is 312 g/mol. The molecule has 1 atom stereocenters. The van der Waals surface area contributed by atoms with Crippen molar-refractivity contribution in [2.24, 2.45) is 5.92 Å². The van der Waals surface area contributed by atoms with Gasteiger partial charge in [0, 0.05) is 18.1 Å². The number of rotatable bonds is 4. The van der Waals surface area contributed by atoms with Gasteiger partial charge in [-0.15, -0.1) is 0 Å². The maximum absolute atomic E-state index is 13.2. The van der Waals surface area contributed by atoms with E-state index in [0.29, 0.717) is 18.2 Å². The predicted octanol–water partition coefficient (Wildman–Crippen LogP) is 3.25. The van der Waals surface area contributed by atoms with Gasteiger partial charge in [-0.1, -0.05) is 38.1 Å². The number of benzene rings is 1. The highest BCUT2D eigenvalue weighted by Crippen LogP contribution is 2.36. The number of aromatic nitrogens is 1. The van der Waals surface area contributed by atoms with E-state index in [-0.39, 0.29) is 12.5 Å². The fraction of sp³-hybridized carbons (Fsp3) is 0.474. The van der Waals surface area contributed by atoms with Crippen molar-refractivity contribution < 1.29 is 9.90 Å². The van der Waals surface area contributed by atoms with E-state index in [9.17, 15) is 9.90 Å². The number of fused-ring (bicyclic) bond motifs is 1. The minimum absolute atomic E-state index is 0.0156. The maximum atomic E-state index is 13.2. The zero-order valence-corrected chi connectivity index (χ0v) is 13.8. The van der Waals surface area contributed by atoms with Gasteiger partial charge in [0.15, 0.2) is 0 Å². The van der Waals surface area contributed by atoms with E-state index < -0.39 is 5.54 Å². The lowest BCUT2D eigenvalue weighted by atomic mass is 9.87. The summed E-state index contributed by atoms with van der Waals surface area (Å²) in [4.78, 5) is 19.4. The van der Waals surface area contributed by atoms with Gasteiger partial charge in [0.2, 0.25) is 0 Å². The summed E-state index contributed by atoms with van der Waals surface area (Å²) in [5.41, 5.74) is 0.0516. The molecular weight excluding hydrogens is 288 g/mol. The van der Waals surface area contributed by atoms with E-state index in [1.54, 1.807) is 6.20 Å². The van der Waals surface area contributed by atoms with E-state index in [4.69, 9.17) is 0 Å². The molecule has 0 aliphatic carbocycles. The van der Waals surface area contributed by atoms with Crippen LogP contribution in [0.5, 0.6) is 0 Å². The van der Waals surface area contributed by atoms with Crippen LogP contribution in [0.2, 0.25) is 0 Å². The van der Waals surface area contributed by atoms with Crippen LogP contribution < -0.4 is 0 Å². The first kappa shape index (κ1) is 15.9. The molecule has 122 valence electrons. The third-order valence-electron chi connectivity index (χ3n) is 4.80. The number of pyridine rings is 1. The lowest BCUT2D eigenvalue weighted by molar-refractivity contribution is 0.0329. The molecule has 1 amide bonds. The van der Waals surface area contributed by atoms with Gasteiger partial charge in [0.25, 0.3) is 5.91 Å². The molecule has 23 heavy (non-hydrogen) atoms. The molecule has 3 rings (SSSR count). The molecule has 1 aromatic heterocycles. The van der Waals surface area contributed by atoms with Crippen molar-refractivity contribution in [2.75, 3.05) is 13.2 Å². The minimum Gasteiger partial charge on any atom is -0.394 e. The molecule has 2 heterocycles. The standard InChI is InChI=1S/C19H24N2O2/c1-14(2)12-19(13-22)9-5-11-21(19)18(23)17-16-7-4-3-6-15(16)8-10-20-17/h3-4,6-8,10,14,22H,5,9,11-13H2,1-2H3/t19-/m1/s1. The fourth-order valence-corrected chi connectivity index (χ4v) is 3.87. The molecule has 0 bridgehead atoms. The van der Waals surface area contributed by atoms with Crippen molar-refractivity contribution >= 4 is 16.7 Å². The van der Waals surface area contributed by atoms with E-state index in [0.717, 1.165) is 30.0 Å². The highest BCUT2D eigenvalue weighted by atomic mass is 16.3. The molecular formula is C19H24N2O2. The lowest BCUT2D eigenvalue weighted by Crippen LogP contribution is -2.51. The van der Waals surface area contributed by atoms with Gasteiger partial charge in [-0.3, -0.25) is 9.78 Å². The summed E-state index contributed by atoms with van der Waals surface area (Å²) < 4.78 is 0. The average Bonchev–Trinajstić information content (AvgIpc) is 2.97. The topological polar surface area (TPSA) is 53.4 Å². The summed E-state index contributed by atoms with van der Waals surface area (Å²) in [6.45, 7) is 4.97. The SMILES string of the molecule is CC(C)C[C@@]1(CO)CCCN1C(=O)c1nccc2ccccc12. The van der Waals surface area contributed by atoms with Crippen molar-refractivity contribution in [3.05, 3.63) is 42.2 Å². The van der Waals surface area contributed by atoms with Crippen molar-refractivity contribution in [1.82, 2.24) is 9.88 Å². The summed E-state index contributed by atoms with van der Waals surface area (Å²) in [7, 11) is 0. The second kappa shape index (κ2) is 6.28. The van der Waals surface area contributed by atoms with Gasteiger partial charge in [-0.05, 0) is 36.6 Å². The fourth-order valence-electron chi connectivity index (χ4n) is 3.87. The molecule has 1 aliphatic heterocycles. The van der Waals surface area contributed by atoms with Crippen LogP contribution in [0.4, 0.5) is 0 Å². The normalized spacial score (nSPS) is 21.3. The second-order valence-electron chi connectivity index (χ2n) is 6.92. The van der Waals surface area contributed by atoms with Gasteiger partial charge in [0.1, 0.15) is 5.69 Å². The maximum Gasteiger partial charge on any atom is 0.273 e. The first-order chi connectivity index (χ1) is 11.1. The summed E-state index contributed by atoms with van der Waals surface area (Å²) in [5.74, 6) is 0.366. The Morgan fingerprint density at radius 1 is 1.35 bits per heavy atom. The summed E-state index contributed by atoms with van der Waals surface area (Å²) in [5, 5.41) is 11.9. The molecule has 1 N–H and O–H groups in total. The number of amides is 1. The molecule has 0 radical (unpaired) electrons. The number of aliphatic hydroxyl groups excluding tert-OH is 1. The molecule has 0 spiro atoms. The van der Waals surface area contributed by atoms with Crippen LogP contribution in [-0.4, -0.2) is 39.6 Å². The van der Waals surface area contributed by atoms with Crippen LogP contribution in [0.1, 0.15) is 43.6 Å². The number of likely N-dealkylation sites (tertiary alicyclic amines) is 1. The molecule has 2 aromatic rings. The third-order valence-corrected chi connectivity index (χ3v) is 4.80. The van der Waals surface area contributed by atoms with Crippen LogP contribution in [0.15, 0.2) is 36.5 Å². The molecule has 1 fully saturated rings. The number of hydrogen-bond donors (Lipinski definition) is 1. The van der Waals surface area contributed by atoms with Crippen LogP contribution in [0.25, 0.3) is 10.8 Å². The number of carbonyl (C=O) groups excluding carboxylic acids is 1. The minimum atomic E-state index is -0.441. The van der Waals surface area contributed by atoms with Crippen LogP contribution in [-0.2, 0) is 0 Å². The van der Waals surface area contributed by atoms with Crippen LogP contribution in [0, 0.1) is 5.92 Å². The van der Waals surface area contributed by atoms with Gasteiger partial charge in [0.05, 0.1) is 12.1 Å². The van der Waals surface area contributed by atoms with Gasteiger partial charge in [-0.2, -0.15) is 0 Å². The highest BCUT2D eigenvalue weighted by Gasteiger charge is 2.44. The molecule has 1 aromatic carbocycles. The summed E-state index contributed by atoms with van der Waals surface area (Å²) >= 11 is 0. The Labute approximate surface area is 137 Å². The number of carbonyl (C=O) groups is 1. The van der Waals surface area contributed by atoms with E-state index >= 15 is 0 Å². The number of aliphatic hydroxyl groups is 1. The first-order valence-electron chi connectivity index (χ1n) is 8.34. The first-order valence-corrected chi connectivity index (χ1v) is 8.34. The number of hydrogen-bond acceptors (Lipinski definition) is 3. The van der Waals surface area contributed by atoms with E-state index in [2.05, 4.69) is 18.8 Å². The average molecular weight is 312 g/mol. The summed E-state index contributed by atoms with van der Waals surface area (Å²) in [6.07, 6.45) is 4.30. The van der Waals surface area contributed by atoms with Crippen LogP contribution >= 0.6 is 0 Å². The third kappa shape index (κ3) is 2.83. The van der Waals surface area contributed by atoms with Crippen molar-refractivity contribution in [1.29, 1.82) is 0 Å². The number of nitrogens with zero attached hydrogens (tertiary/aromatic N) is 2. The second-order valence-corrected chi connectivity index (χ2v) is 6.92. The molecule has 1 saturated heterocycles. The molecule has 0 saturated carbocycles. The Kier molecular flexibility index (Phi) is 4.35. The Balaban J connectivity index is 2.01. The van der Waals surface area contributed by atoms with Crippen molar-refractivity contribution in [3.63, 3.8) is 0 Å². The molecule has 1 aliphatic rings. The quantitative estimate of drug-likeness (QED) is 0.943. The smallest absolute Gasteiger partial charge is 0.273 e. The zero-order chi connectivity index (χ0) is 16.4. The molecule has 0 unspecified atom stereocenters. The molecule has 4 heteroatoms. The highest BCUT2D eigenvalue weighted by molar-refractivity contribution is 6.05. The van der Waals surface area contributed by atoms with Gasteiger partial charge in [-0.25, -0.2) is 0 Å². The Morgan fingerprint density at radius 3 is 2.87 bits per heavy atom. The van der Waals surface area contributed by atoms with Crippen molar-refractivity contribution in [3.8, 4) is 0 Å². The Hall–Kier alpha value is -1.94. The van der Waals surface area contributed by atoms with Gasteiger partial charge >= 0.3 is 0 Å². The predicted molar refractivity (Wildman–Crippen MR) is 91.3 cm³/mol. The molecule has 4 nitrogen and oxygen atoms in total. The zero-order valence-electron chi connectivity index (χ0n) is 13.8.